The van der Waals surface area contributed by atoms with Crippen LogP contribution in [0.25, 0.3) is 0 Å². The van der Waals surface area contributed by atoms with Crippen LogP contribution in [0.4, 0.5) is 0 Å². The van der Waals surface area contributed by atoms with Crippen molar-refractivity contribution in [3.63, 3.8) is 0 Å². The molecule has 0 saturated carbocycles. The monoisotopic (exact) mass is 314 g/mol. The van der Waals surface area contributed by atoms with Gasteiger partial charge in [0, 0.05) is 18.1 Å². The number of ether oxygens (including phenoxy) is 1. The Kier molecular flexibility index (Phi) is 6.93. The van der Waals surface area contributed by atoms with Gasteiger partial charge in [-0.15, -0.1) is 0 Å². The van der Waals surface area contributed by atoms with E-state index in [0.29, 0.717) is 19.7 Å². The molecular weight excluding hydrogens is 296 g/mol. The van der Waals surface area contributed by atoms with Gasteiger partial charge in [0.15, 0.2) is 0 Å². The first-order valence-corrected chi connectivity index (χ1v) is 6.67. The zero-order valence-corrected chi connectivity index (χ0v) is 12.3. The number of halogens is 1. The van der Waals surface area contributed by atoms with E-state index in [0.717, 1.165) is 10.0 Å². The molecular formula is C13H19BrN2O2. The van der Waals surface area contributed by atoms with Crippen molar-refractivity contribution >= 4 is 21.8 Å². The molecule has 0 spiro atoms. The van der Waals surface area contributed by atoms with Crippen LogP contribution >= 0.6 is 15.9 Å². The number of hydrogen-bond donors (Lipinski definition) is 2. The maximum Gasteiger partial charge on any atom is 0.234 e. The van der Waals surface area contributed by atoms with Crippen LogP contribution in [0.2, 0.25) is 0 Å². The fourth-order valence-electron chi connectivity index (χ4n) is 1.50. The van der Waals surface area contributed by atoms with Gasteiger partial charge < -0.3 is 15.4 Å². The second-order valence-electron chi connectivity index (χ2n) is 4.01. The Hall–Kier alpha value is -0.910. The number of nitrogens with one attached hydrogen (secondary N) is 2. The van der Waals surface area contributed by atoms with E-state index in [2.05, 4.69) is 26.6 Å². The molecule has 18 heavy (non-hydrogen) atoms. The third-order valence-corrected chi connectivity index (χ3v) is 3.04. The molecule has 0 aliphatic heterocycles. The minimum atomic E-state index is -0.0125. The first-order chi connectivity index (χ1) is 8.63. The Morgan fingerprint density at radius 3 is 2.67 bits per heavy atom. The first-order valence-electron chi connectivity index (χ1n) is 5.88. The molecule has 0 heterocycles. The standard InChI is InChI=1S/C13H19BrN2O2/c1-10(11-3-5-12(14)6-4-11)16-13(17)9-15-7-8-18-2/h3-6,10,15H,7-9H2,1-2H3,(H,16,17)/t10-/m0/s1. The van der Waals surface area contributed by atoms with Gasteiger partial charge in [-0.25, -0.2) is 0 Å². The van der Waals surface area contributed by atoms with Crippen LogP contribution in [0.5, 0.6) is 0 Å². The lowest BCUT2D eigenvalue weighted by Crippen LogP contribution is -2.36. The molecule has 0 aliphatic rings. The average molecular weight is 315 g/mol. The van der Waals surface area contributed by atoms with E-state index in [1.165, 1.54) is 0 Å². The zero-order valence-electron chi connectivity index (χ0n) is 10.7. The van der Waals surface area contributed by atoms with Gasteiger partial charge in [-0.3, -0.25) is 4.79 Å². The Balaban J connectivity index is 2.33. The van der Waals surface area contributed by atoms with Crippen LogP contribution in [0.1, 0.15) is 18.5 Å². The van der Waals surface area contributed by atoms with Crippen LogP contribution in [-0.2, 0) is 9.53 Å². The van der Waals surface area contributed by atoms with E-state index in [4.69, 9.17) is 4.74 Å². The minimum Gasteiger partial charge on any atom is -0.383 e. The molecule has 0 aliphatic carbocycles. The molecule has 1 rings (SSSR count). The van der Waals surface area contributed by atoms with Crippen molar-refractivity contribution in [3.05, 3.63) is 34.3 Å². The summed E-state index contributed by atoms with van der Waals surface area (Å²) in [6.45, 7) is 3.56. The molecule has 0 saturated heterocycles. The Labute approximate surface area is 116 Å². The average Bonchev–Trinajstić information content (AvgIpc) is 2.35. The molecule has 1 amide bonds. The van der Waals surface area contributed by atoms with Gasteiger partial charge in [-0.1, -0.05) is 28.1 Å². The Bertz CT molecular complexity index is 368. The summed E-state index contributed by atoms with van der Waals surface area (Å²) < 4.78 is 5.92. The largest absolute Gasteiger partial charge is 0.383 e. The van der Waals surface area contributed by atoms with Crippen molar-refractivity contribution in [2.45, 2.75) is 13.0 Å². The highest BCUT2D eigenvalue weighted by molar-refractivity contribution is 9.10. The van der Waals surface area contributed by atoms with Gasteiger partial charge in [0.2, 0.25) is 5.91 Å². The molecule has 0 fully saturated rings. The lowest BCUT2D eigenvalue weighted by molar-refractivity contribution is -0.120. The summed E-state index contributed by atoms with van der Waals surface area (Å²) in [5.41, 5.74) is 1.09. The predicted molar refractivity (Wildman–Crippen MR) is 75.4 cm³/mol. The topological polar surface area (TPSA) is 50.4 Å². The van der Waals surface area contributed by atoms with Crippen LogP contribution in [0.3, 0.4) is 0 Å². The fourth-order valence-corrected chi connectivity index (χ4v) is 1.77. The van der Waals surface area contributed by atoms with Gasteiger partial charge in [0.1, 0.15) is 0 Å². The quantitative estimate of drug-likeness (QED) is 0.755. The van der Waals surface area contributed by atoms with E-state index in [1.807, 2.05) is 31.2 Å². The summed E-state index contributed by atoms with van der Waals surface area (Å²) in [5.74, 6) is -0.0125. The van der Waals surface area contributed by atoms with Crippen LogP contribution in [0, 0.1) is 0 Å². The van der Waals surface area contributed by atoms with Crippen LogP contribution in [-0.4, -0.2) is 32.7 Å². The van der Waals surface area contributed by atoms with Gasteiger partial charge in [-0.2, -0.15) is 0 Å². The lowest BCUT2D eigenvalue weighted by atomic mass is 10.1. The third kappa shape index (κ3) is 5.62. The second-order valence-corrected chi connectivity index (χ2v) is 4.93. The van der Waals surface area contributed by atoms with Crippen LogP contribution < -0.4 is 10.6 Å². The summed E-state index contributed by atoms with van der Waals surface area (Å²) >= 11 is 3.39. The molecule has 0 aromatic heterocycles. The summed E-state index contributed by atoms with van der Waals surface area (Å²) in [4.78, 5) is 11.6. The molecule has 0 unspecified atom stereocenters. The lowest BCUT2D eigenvalue weighted by Gasteiger charge is -2.14. The van der Waals surface area contributed by atoms with E-state index in [-0.39, 0.29) is 11.9 Å². The molecule has 0 radical (unpaired) electrons. The number of rotatable bonds is 7. The van der Waals surface area contributed by atoms with Crippen molar-refractivity contribution in [2.75, 3.05) is 26.8 Å². The summed E-state index contributed by atoms with van der Waals surface area (Å²) in [7, 11) is 1.64. The number of benzene rings is 1. The minimum absolute atomic E-state index is 0.00910. The van der Waals surface area contributed by atoms with Gasteiger partial charge in [0.25, 0.3) is 0 Å². The second kappa shape index (κ2) is 8.24. The maximum absolute atomic E-state index is 11.6. The van der Waals surface area contributed by atoms with Crippen molar-refractivity contribution < 1.29 is 9.53 Å². The smallest absolute Gasteiger partial charge is 0.234 e. The van der Waals surface area contributed by atoms with Crippen molar-refractivity contribution in [1.29, 1.82) is 0 Å². The first kappa shape index (κ1) is 15.1. The van der Waals surface area contributed by atoms with E-state index in [9.17, 15) is 4.79 Å². The maximum atomic E-state index is 11.6. The van der Waals surface area contributed by atoms with Gasteiger partial charge in [-0.05, 0) is 24.6 Å². The predicted octanol–water partition coefficient (Wildman–Crippen LogP) is 1.86. The molecule has 1 aromatic rings. The number of hydrogen-bond acceptors (Lipinski definition) is 3. The molecule has 2 N–H and O–H groups in total. The molecule has 100 valence electrons. The van der Waals surface area contributed by atoms with E-state index in [1.54, 1.807) is 7.11 Å². The summed E-state index contributed by atoms with van der Waals surface area (Å²) in [6, 6.07) is 7.93. The van der Waals surface area contributed by atoms with Gasteiger partial charge >= 0.3 is 0 Å². The molecule has 5 heteroatoms. The highest BCUT2D eigenvalue weighted by atomic mass is 79.9. The van der Waals surface area contributed by atoms with E-state index < -0.39 is 0 Å². The highest BCUT2D eigenvalue weighted by Gasteiger charge is 2.08. The van der Waals surface area contributed by atoms with Crippen LogP contribution in [0.15, 0.2) is 28.7 Å². The van der Waals surface area contributed by atoms with Crippen molar-refractivity contribution in [1.82, 2.24) is 10.6 Å². The number of carbonyl (C=O) groups is 1. The molecule has 1 aromatic carbocycles. The number of carbonyl (C=O) groups excluding carboxylic acids is 1. The zero-order chi connectivity index (χ0) is 13.4. The molecule has 0 bridgehead atoms. The van der Waals surface area contributed by atoms with Crippen molar-refractivity contribution in [2.24, 2.45) is 0 Å². The molecule has 4 nitrogen and oxygen atoms in total. The number of methoxy groups -OCH3 is 1. The third-order valence-electron chi connectivity index (χ3n) is 2.52. The van der Waals surface area contributed by atoms with Crippen molar-refractivity contribution in [3.8, 4) is 0 Å². The summed E-state index contributed by atoms with van der Waals surface area (Å²) in [6.07, 6.45) is 0. The summed E-state index contributed by atoms with van der Waals surface area (Å²) in [5, 5.41) is 5.94. The normalized spacial score (nSPS) is 12.2. The number of amides is 1. The van der Waals surface area contributed by atoms with Gasteiger partial charge in [0.05, 0.1) is 19.2 Å². The van der Waals surface area contributed by atoms with E-state index >= 15 is 0 Å². The Morgan fingerprint density at radius 1 is 1.39 bits per heavy atom. The SMILES string of the molecule is COCCNCC(=O)N[C@@H](C)c1ccc(Br)cc1. The fraction of sp³-hybridized carbons (Fsp3) is 0.462. The highest BCUT2D eigenvalue weighted by Crippen LogP contribution is 2.16. The Morgan fingerprint density at radius 2 is 2.06 bits per heavy atom. The molecule has 1 atom stereocenters.